The summed E-state index contributed by atoms with van der Waals surface area (Å²) in [6.45, 7) is 5.03. The molecule has 1 amide bonds. The summed E-state index contributed by atoms with van der Waals surface area (Å²) in [6.07, 6.45) is 11.1. The van der Waals surface area contributed by atoms with Gasteiger partial charge in [-0.2, -0.15) is 5.10 Å². The third-order valence-corrected chi connectivity index (χ3v) is 4.78. The molecule has 1 N–H and O–H groups in total. The van der Waals surface area contributed by atoms with Crippen LogP contribution in [0, 0.1) is 13.8 Å². The van der Waals surface area contributed by atoms with Gasteiger partial charge in [-0.3, -0.25) is 19.4 Å². The van der Waals surface area contributed by atoms with E-state index in [9.17, 15) is 4.79 Å². The van der Waals surface area contributed by atoms with Gasteiger partial charge in [0.1, 0.15) is 5.69 Å². The van der Waals surface area contributed by atoms with E-state index in [-0.39, 0.29) is 5.91 Å². The maximum atomic E-state index is 12.2. The summed E-state index contributed by atoms with van der Waals surface area (Å²) in [5, 5.41) is 7.49. The van der Waals surface area contributed by atoms with Gasteiger partial charge in [0.2, 0.25) is 0 Å². The summed E-state index contributed by atoms with van der Waals surface area (Å²) in [5.41, 5.74) is 5.87. The number of nitrogens with zero attached hydrogens (tertiary/aromatic N) is 5. The standard InChI is InChI=1S/C20H22N6O/c1-13-9-21-6-5-16(13)17-11-25-26(19(17)15-3-4-15)8-7-22-20(27)18-12-23-14(2)10-24-18/h5-6,9-12,15H,3-4,7-8H2,1-2H3,(H,22,27). The van der Waals surface area contributed by atoms with Gasteiger partial charge in [0.05, 0.1) is 24.6 Å². The molecule has 1 fully saturated rings. The van der Waals surface area contributed by atoms with Crippen molar-refractivity contribution in [3.8, 4) is 11.1 Å². The van der Waals surface area contributed by atoms with Crippen LogP contribution >= 0.6 is 0 Å². The number of carbonyl (C=O) groups is 1. The van der Waals surface area contributed by atoms with E-state index in [4.69, 9.17) is 0 Å². The van der Waals surface area contributed by atoms with Gasteiger partial charge in [0.15, 0.2) is 0 Å². The first-order valence-corrected chi connectivity index (χ1v) is 9.17. The molecule has 27 heavy (non-hydrogen) atoms. The first-order chi connectivity index (χ1) is 13.1. The molecule has 0 bridgehead atoms. The molecule has 1 aliphatic carbocycles. The predicted octanol–water partition coefficient (Wildman–Crippen LogP) is 2.66. The van der Waals surface area contributed by atoms with Crippen molar-refractivity contribution in [3.63, 3.8) is 0 Å². The maximum absolute atomic E-state index is 12.2. The van der Waals surface area contributed by atoms with Gasteiger partial charge in [-0.1, -0.05) is 0 Å². The van der Waals surface area contributed by atoms with Gasteiger partial charge in [0.25, 0.3) is 5.91 Å². The minimum atomic E-state index is -0.215. The molecule has 3 heterocycles. The van der Waals surface area contributed by atoms with E-state index in [1.54, 1.807) is 6.20 Å². The fourth-order valence-corrected chi connectivity index (χ4v) is 3.22. The molecule has 3 aromatic rings. The van der Waals surface area contributed by atoms with E-state index in [0.29, 0.717) is 24.7 Å². The van der Waals surface area contributed by atoms with Gasteiger partial charge in [-0.25, -0.2) is 4.98 Å². The van der Waals surface area contributed by atoms with E-state index in [1.807, 2.05) is 36.3 Å². The molecule has 1 saturated carbocycles. The lowest BCUT2D eigenvalue weighted by Gasteiger charge is -2.11. The Morgan fingerprint density at radius 3 is 2.70 bits per heavy atom. The first-order valence-electron chi connectivity index (χ1n) is 9.17. The molecule has 138 valence electrons. The van der Waals surface area contributed by atoms with Crippen LogP contribution in [-0.2, 0) is 6.54 Å². The van der Waals surface area contributed by atoms with E-state index in [2.05, 4.69) is 32.3 Å². The fraction of sp³-hybridized carbons (Fsp3) is 0.350. The van der Waals surface area contributed by atoms with Crippen molar-refractivity contribution in [2.75, 3.05) is 6.54 Å². The Morgan fingerprint density at radius 1 is 1.15 bits per heavy atom. The maximum Gasteiger partial charge on any atom is 0.271 e. The fourth-order valence-electron chi connectivity index (χ4n) is 3.22. The van der Waals surface area contributed by atoms with Crippen LogP contribution in [-0.4, -0.2) is 37.2 Å². The highest BCUT2D eigenvalue weighted by Crippen LogP contribution is 2.44. The van der Waals surface area contributed by atoms with Crippen LogP contribution in [0.1, 0.15) is 46.2 Å². The van der Waals surface area contributed by atoms with Crippen molar-refractivity contribution in [3.05, 3.63) is 59.7 Å². The average Bonchev–Trinajstić information content (AvgIpc) is 3.43. The number of hydrogen-bond donors (Lipinski definition) is 1. The highest BCUT2D eigenvalue weighted by atomic mass is 16.1. The zero-order valence-electron chi connectivity index (χ0n) is 15.5. The Hall–Kier alpha value is -3.09. The molecule has 4 rings (SSSR count). The van der Waals surface area contributed by atoms with Crippen LogP contribution in [0.25, 0.3) is 11.1 Å². The van der Waals surface area contributed by atoms with Crippen LogP contribution in [0.15, 0.2) is 37.1 Å². The van der Waals surface area contributed by atoms with Gasteiger partial charge in [-0.05, 0) is 43.9 Å². The van der Waals surface area contributed by atoms with E-state index < -0.39 is 0 Å². The Balaban J connectivity index is 1.47. The van der Waals surface area contributed by atoms with Crippen LogP contribution < -0.4 is 5.32 Å². The van der Waals surface area contributed by atoms with Crippen molar-refractivity contribution in [1.82, 2.24) is 30.0 Å². The molecule has 3 aromatic heterocycles. The number of amides is 1. The number of carbonyl (C=O) groups excluding carboxylic acids is 1. The van der Waals surface area contributed by atoms with Gasteiger partial charge in [-0.15, -0.1) is 0 Å². The summed E-state index contributed by atoms with van der Waals surface area (Å²) >= 11 is 0. The minimum absolute atomic E-state index is 0.215. The zero-order valence-corrected chi connectivity index (χ0v) is 15.5. The molecule has 0 saturated heterocycles. The zero-order chi connectivity index (χ0) is 18.8. The summed E-state index contributed by atoms with van der Waals surface area (Å²) in [4.78, 5) is 24.6. The lowest BCUT2D eigenvalue weighted by atomic mass is 10.0. The molecule has 1 aliphatic rings. The van der Waals surface area contributed by atoms with Crippen molar-refractivity contribution in [2.24, 2.45) is 0 Å². The van der Waals surface area contributed by atoms with Crippen molar-refractivity contribution in [2.45, 2.75) is 39.2 Å². The molecule has 0 aliphatic heterocycles. The van der Waals surface area contributed by atoms with E-state index >= 15 is 0 Å². The molecular weight excluding hydrogens is 340 g/mol. The second-order valence-corrected chi connectivity index (χ2v) is 6.93. The van der Waals surface area contributed by atoms with Crippen LogP contribution in [0.2, 0.25) is 0 Å². The SMILES string of the molecule is Cc1cnc(C(=O)NCCn2ncc(-c3ccncc3C)c2C2CC2)cn1. The van der Waals surface area contributed by atoms with Gasteiger partial charge in [0, 0.05) is 42.3 Å². The Bertz CT molecular complexity index is 959. The topological polar surface area (TPSA) is 85.6 Å². The third kappa shape index (κ3) is 3.72. The van der Waals surface area contributed by atoms with Crippen LogP contribution in [0.3, 0.4) is 0 Å². The number of pyridine rings is 1. The second kappa shape index (κ2) is 7.26. The normalized spacial score (nSPS) is 13.6. The molecule has 0 aromatic carbocycles. The summed E-state index contributed by atoms with van der Waals surface area (Å²) in [6, 6.07) is 2.04. The molecule has 0 atom stereocenters. The molecule has 7 nitrogen and oxygen atoms in total. The number of aryl methyl sites for hydroxylation is 2. The highest BCUT2D eigenvalue weighted by molar-refractivity contribution is 5.91. The average molecular weight is 362 g/mol. The highest BCUT2D eigenvalue weighted by Gasteiger charge is 2.31. The summed E-state index contributed by atoms with van der Waals surface area (Å²) < 4.78 is 2.02. The Morgan fingerprint density at radius 2 is 2.00 bits per heavy atom. The number of rotatable bonds is 6. The molecular formula is C20H22N6O. The van der Waals surface area contributed by atoms with Crippen molar-refractivity contribution >= 4 is 5.91 Å². The summed E-state index contributed by atoms with van der Waals surface area (Å²) in [7, 11) is 0. The monoisotopic (exact) mass is 362 g/mol. The lowest BCUT2D eigenvalue weighted by Crippen LogP contribution is -2.28. The molecule has 7 heteroatoms. The smallest absolute Gasteiger partial charge is 0.271 e. The second-order valence-electron chi connectivity index (χ2n) is 6.93. The molecule has 0 unspecified atom stereocenters. The third-order valence-electron chi connectivity index (χ3n) is 4.78. The Labute approximate surface area is 157 Å². The van der Waals surface area contributed by atoms with Crippen LogP contribution in [0.5, 0.6) is 0 Å². The van der Waals surface area contributed by atoms with E-state index in [1.165, 1.54) is 35.9 Å². The van der Waals surface area contributed by atoms with Gasteiger partial charge < -0.3 is 5.32 Å². The largest absolute Gasteiger partial charge is 0.349 e. The number of hydrogen-bond acceptors (Lipinski definition) is 5. The first kappa shape index (κ1) is 17.3. The predicted molar refractivity (Wildman–Crippen MR) is 101 cm³/mol. The minimum Gasteiger partial charge on any atom is -0.349 e. The van der Waals surface area contributed by atoms with Crippen molar-refractivity contribution < 1.29 is 4.79 Å². The molecule has 0 radical (unpaired) electrons. The number of aromatic nitrogens is 5. The van der Waals surface area contributed by atoms with E-state index in [0.717, 1.165) is 11.3 Å². The van der Waals surface area contributed by atoms with Crippen molar-refractivity contribution in [1.29, 1.82) is 0 Å². The lowest BCUT2D eigenvalue weighted by molar-refractivity contribution is 0.0946. The Kier molecular flexibility index (Phi) is 4.66. The van der Waals surface area contributed by atoms with Gasteiger partial charge >= 0.3 is 0 Å². The van der Waals surface area contributed by atoms with Crippen LogP contribution in [0.4, 0.5) is 0 Å². The number of nitrogens with one attached hydrogen (secondary N) is 1. The summed E-state index contributed by atoms with van der Waals surface area (Å²) in [5.74, 6) is 0.335. The molecule has 0 spiro atoms. The quantitative estimate of drug-likeness (QED) is 0.729.